The third kappa shape index (κ3) is 5.46. The van der Waals surface area contributed by atoms with Gasteiger partial charge in [0.25, 0.3) is 5.56 Å². The summed E-state index contributed by atoms with van der Waals surface area (Å²) in [6, 6.07) is 9.63. The average Bonchev–Trinajstić information content (AvgIpc) is 3.12. The van der Waals surface area contributed by atoms with Crippen molar-refractivity contribution < 1.29 is 14.3 Å². The predicted molar refractivity (Wildman–Crippen MR) is 119 cm³/mol. The zero-order chi connectivity index (χ0) is 21.7. The van der Waals surface area contributed by atoms with E-state index in [0.717, 1.165) is 16.2 Å². The van der Waals surface area contributed by atoms with E-state index >= 15 is 0 Å². The van der Waals surface area contributed by atoms with Crippen LogP contribution in [0.5, 0.6) is 5.75 Å². The molecule has 2 aromatic heterocycles. The highest BCUT2D eigenvalue weighted by molar-refractivity contribution is 7.22. The molecular formula is C22H27N3O4S. The SMILES string of the molecule is CCOC(=O)CN(Cc1nc2cc(-c3ccc(OC)cc3)sc2c(=O)[nH]1)CC(C)C. The second kappa shape index (κ2) is 9.86. The van der Waals surface area contributed by atoms with Crippen LogP contribution < -0.4 is 10.3 Å². The maximum Gasteiger partial charge on any atom is 0.320 e. The lowest BCUT2D eigenvalue weighted by molar-refractivity contribution is -0.144. The molecule has 0 spiro atoms. The molecule has 0 saturated carbocycles. The number of esters is 1. The summed E-state index contributed by atoms with van der Waals surface area (Å²) >= 11 is 1.41. The van der Waals surface area contributed by atoms with Crippen LogP contribution in [0, 0.1) is 5.92 Å². The lowest BCUT2D eigenvalue weighted by Crippen LogP contribution is -2.34. The van der Waals surface area contributed by atoms with E-state index in [-0.39, 0.29) is 18.1 Å². The van der Waals surface area contributed by atoms with Gasteiger partial charge in [0.2, 0.25) is 0 Å². The standard InChI is InChI=1S/C22H27N3O4S/c1-5-29-20(26)13-25(11-14(2)3)12-19-23-17-10-18(30-21(17)22(27)24-19)15-6-8-16(28-4)9-7-15/h6-10,14H,5,11-13H2,1-4H3,(H,23,24,27). The molecule has 1 N–H and O–H groups in total. The number of hydrogen-bond donors (Lipinski definition) is 1. The predicted octanol–water partition coefficient (Wildman–Crippen LogP) is 3.68. The van der Waals surface area contributed by atoms with Crippen molar-refractivity contribution in [3.8, 4) is 16.2 Å². The number of benzene rings is 1. The molecule has 0 fully saturated rings. The van der Waals surface area contributed by atoms with E-state index in [0.29, 0.717) is 41.7 Å². The number of carbonyl (C=O) groups excluding carboxylic acids is 1. The van der Waals surface area contributed by atoms with Crippen LogP contribution in [0.25, 0.3) is 20.7 Å². The molecule has 0 aliphatic rings. The monoisotopic (exact) mass is 429 g/mol. The third-order valence-corrected chi connectivity index (χ3v) is 5.63. The summed E-state index contributed by atoms with van der Waals surface area (Å²) in [5.41, 5.74) is 1.49. The molecule has 0 bridgehead atoms. The van der Waals surface area contributed by atoms with Crippen molar-refractivity contribution in [2.24, 2.45) is 5.92 Å². The Labute approximate surface area is 179 Å². The molecule has 1 aromatic carbocycles. The second-order valence-corrected chi connectivity index (χ2v) is 8.49. The van der Waals surface area contributed by atoms with Gasteiger partial charge in [-0.15, -0.1) is 11.3 Å². The van der Waals surface area contributed by atoms with Crippen LogP contribution in [0.3, 0.4) is 0 Å². The molecule has 0 amide bonds. The summed E-state index contributed by atoms with van der Waals surface area (Å²) in [5.74, 6) is 1.40. The first kappa shape index (κ1) is 22.0. The zero-order valence-electron chi connectivity index (χ0n) is 17.7. The number of nitrogens with one attached hydrogen (secondary N) is 1. The van der Waals surface area contributed by atoms with Crippen molar-refractivity contribution >= 4 is 27.5 Å². The highest BCUT2D eigenvalue weighted by Crippen LogP contribution is 2.31. The molecular weight excluding hydrogens is 402 g/mol. The Hall–Kier alpha value is -2.71. The number of aromatic amines is 1. The van der Waals surface area contributed by atoms with E-state index in [4.69, 9.17) is 9.47 Å². The molecule has 30 heavy (non-hydrogen) atoms. The Bertz CT molecular complexity index is 1060. The number of rotatable bonds is 9. The van der Waals surface area contributed by atoms with Gasteiger partial charge >= 0.3 is 5.97 Å². The Morgan fingerprint density at radius 3 is 2.63 bits per heavy atom. The fourth-order valence-corrected chi connectivity index (χ4v) is 4.26. The summed E-state index contributed by atoms with van der Waals surface area (Å²) in [7, 11) is 1.63. The smallest absolute Gasteiger partial charge is 0.320 e. The first-order valence-corrected chi connectivity index (χ1v) is 10.8. The van der Waals surface area contributed by atoms with Crippen LogP contribution in [0.15, 0.2) is 35.1 Å². The fraction of sp³-hybridized carbons (Fsp3) is 0.409. The molecule has 8 heteroatoms. The van der Waals surface area contributed by atoms with Crippen molar-refractivity contribution in [2.45, 2.75) is 27.3 Å². The number of nitrogens with zero attached hydrogens (tertiary/aromatic N) is 2. The minimum absolute atomic E-state index is 0.161. The molecule has 3 aromatic rings. The highest BCUT2D eigenvalue weighted by atomic mass is 32.1. The summed E-state index contributed by atoms with van der Waals surface area (Å²) in [5, 5.41) is 0. The van der Waals surface area contributed by atoms with E-state index < -0.39 is 0 Å². The van der Waals surface area contributed by atoms with E-state index in [1.807, 2.05) is 35.2 Å². The van der Waals surface area contributed by atoms with Crippen LogP contribution in [0.4, 0.5) is 0 Å². The van der Waals surface area contributed by atoms with Gasteiger partial charge in [0.1, 0.15) is 16.3 Å². The number of ether oxygens (including phenoxy) is 2. The maximum atomic E-state index is 12.7. The highest BCUT2D eigenvalue weighted by Gasteiger charge is 2.17. The first-order valence-electron chi connectivity index (χ1n) is 9.94. The largest absolute Gasteiger partial charge is 0.497 e. The van der Waals surface area contributed by atoms with Gasteiger partial charge in [-0.3, -0.25) is 14.5 Å². The number of fused-ring (bicyclic) bond motifs is 1. The van der Waals surface area contributed by atoms with Crippen LogP contribution in [-0.4, -0.2) is 47.6 Å². The van der Waals surface area contributed by atoms with Gasteiger partial charge in [-0.1, -0.05) is 13.8 Å². The van der Waals surface area contributed by atoms with Crippen molar-refractivity contribution in [2.75, 3.05) is 26.8 Å². The Kier molecular flexibility index (Phi) is 7.23. The summed E-state index contributed by atoms with van der Waals surface area (Å²) in [4.78, 5) is 35.0. The molecule has 0 radical (unpaired) electrons. The topological polar surface area (TPSA) is 84.5 Å². The lowest BCUT2D eigenvalue weighted by atomic mass is 10.2. The number of hydrogen-bond acceptors (Lipinski definition) is 7. The van der Waals surface area contributed by atoms with E-state index in [1.54, 1.807) is 14.0 Å². The van der Waals surface area contributed by atoms with Gasteiger partial charge in [-0.2, -0.15) is 0 Å². The van der Waals surface area contributed by atoms with E-state index in [2.05, 4.69) is 23.8 Å². The van der Waals surface area contributed by atoms with Crippen LogP contribution >= 0.6 is 11.3 Å². The minimum atomic E-state index is -0.279. The molecule has 2 heterocycles. The third-order valence-electron chi connectivity index (χ3n) is 4.46. The molecule has 3 rings (SSSR count). The van der Waals surface area contributed by atoms with Gasteiger partial charge in [0.05, 0.1) is 32.3 Å². The van der Waals surface area contributed by atoms with Crippen molar-refractivity contribution in [1.29, 1.82) is 0 Å². The molecule has 0 atom stereocenters. The quantitative estimate of drug-likeness (QED) is 0.523. The van der Waals surface area contributed by atoms with Gasteiger partial charge in [-0.25, -0.2) is 4.98 Å². The van der Waals surface area contributed by atoms with E-state index in [1.165, 1.54) is 11.3 Å². The molecule has 0 unspecified atom stereocenters. The molecule has 0 aliphatic carbocycles. The van der Waals surface area contributed by atoms with Crippen LogP contribution in [0.1, 0.15) is 26.6 Å². The zero-order valence-corrected chi connectivity index (χ0v) is 18.5. The Morgan fingerprint density at radius 2 is 2.00 bits per heavy atom. The average molecular weight is 430 g/mol. The summed E-state index contributed by atoms with van der Waals surface area (Å²) in [6.07, 6.45) is 0. The van der Waals surface area contributed by atoms with Gasteiger partial charge in [0, 0.05) is 11.4 Å². The number of thiophene rings is 1. The number of carbonyl (C=O) groups is 1. The molecule has 0 aliphatic heterocycles. The maximum absolute atomic E-state index is 12.7. The summed E-state index contributed by atoms with van der Waals surface area (Å²) in [6.45, 7) is 7.52. The van der Waals surface area contributed by atoms with Crippen molar-refractivity contribution in [3.05, 3.63) is 46.5 Å². The molecule has 0 saturated heterocycles. The summed E-state index contributed by atoms with van der Waals surface area (Å²) < 4.78 is 10.9. The first-order chi connectivity index (χ1) is 14.4. The van der Waals surface area contributed by atoms with Gasteiger partial charge in [0.15, 0.2) is 0 Å². The fourth-order valence-electron chi connectivity index (χ4n) is 3.26. The van der Waals surface area contributed by atoms with Crippen LogP contribution in [0.2, 0.25) is 0 Å². The van der Waals surface area contributed by atoms with Crippen LogP contribution in [-0.2, 0) is 16.1 Å². The van der Waals surface area contributed by atoms with Crippen molar-refractivity contribution in [1.82, 2.24) is 14.9 Å². The number of aromatic nitrogens is 2. The number of methoxy groups -OCH3 is 1. The lowest BCUT2D eigenvalue weighted by Gasteiger charge is -2.22. The van der Waals surface area contributed by atoms with Gasteiger partial charge in [-0.05, 0) is 48.7 Å². The van der Waals surface area contributed by atoms with Crippen molar-refractivity contribution in [3.63, 3.8) is 0 Å². The number of H-pyrrole nitrogens is 1. The second-order valence-electron chi connectivity index (χ2n) is 7.43. The Morgan fingerprint density at radius 1 is 1.27 bits per heavy atom. The normalized spacial score (nSPS) is 11.4. The van der Waals surface area contributed by atoms with E-state index in [9.17, 15) is 9.59 Å². The minimum Gasteiger partial charge on any atom is -0.497 e. The Balaban J connectivity index is 1.86. The molecule has 7 nitrogen and oxygen atoms in total. The van der Waals surface area contributed by atoms with Gasteiger partial charge < -0.3 is 14.5 Å². The molecule has 160 valence electrons.